The highest BCUT2D eigenvalue weighted by molar-refractivity contribution is 7.71. The summed E-state index contributed by atoms with van der Waals surface area (Å²) in [6.45, 7) is 3.36. The van der Waals surface area contributed by atoms with E-state index >= 15 is 0 Å². The highest BCUT2D eigenvalue weighted by atomic mass is 32.1. The third kappa shape index (κ3) is 5.27. The van der Waals surface area contributed by atoms with Gasteiger partial charge in [0, 0.05) is 6.54 Å². The molecule has 1 aromatic heterocycles. The quantitative estimate of drug-likeness (QED) is 0.544. The molecule has 3 aromatic rings. The van der Waals surface area contributed by atoms with Crippen molar-refractivity contribution in [2.75, 3.05) is 25.5 Å². The van der Waals surface area contributed by atoms with Gasteiger partial charge in [-0.15, -0.1) is 0 Å². The zero-order valence-electron chi connectivity index (χ0n) is 16.5. The first-order chi connectivity index (χ1) is 14.1. The number of methoxy groups -OCH3 is 1. The van der Waals surface area contributed by atoms with Crippen molar-refractivity contribution in [3.05, 3.63) is 59.4 Å². The van der Waals surface area contributed by atoms with Crippen LogP contribution in [0.3, 0.4) is 0 Å². The number of nitrogens with one attached hydrogen (secondary N) is 1. The molecule has 0 fully saturated rings. The number of anilines is 1. The smallest absolute Gasteiger partial charge is 0.238 e. The minimum Gasteiger partial charge on any atom is -0.495 e. The molecule has 0 atom stereocenters. The third-order valence-corrected chi connectivity index (χ3v) is 4.65. The molecular weight excluding hydrogens is 388 g/mol. The number of para-hydroxylation sites is 3. The number of hydrogen-bond donors (Lipinski definition) is 1. The van der Waals surface area contributed by atoms with Gasteiger partial charge >= 0.3 is 0 Å². The maximum absolute atomic E-state index is 12.6. The lowest BCUT2D eigenvalue weighted by molar-refractivity contribution is -0.117. The number of amides is 1. The normalized spacial score (nSPS) is 10.9. The molecule has 1 amide bonds. The van der Waals surface area contributed by atoms with Gasteiger partial charge in [0.2, 0.25) is 10.7 Å². The number of rotatable bonds is 9. The van der Waals surface area contributed by atoms with Crippen molar-refractivity contribution in [1.29, 1.82) is 0 Å². The lowest BCUT2D eigenvalue weighted by Gasteiger charge is -2.20. The van der Waals surface area contributed by atoms with Crippen LogP contribution in [0.25, 0.3) is 5.69 Å². The first kappa shape index (κ1) is 20.7. The highest BCUT2D eigenvalue weighted by Gasteiger charge is 2.15. The Morgan fingerprint density at radius 3 is 2.59 bits per heavy atom. The monoisotopic (exact) mass is 412 g/mol. The second-order valence-corrected chi connectivity index (χ2v) is 6.82. The van der Waals surface area contributed by atoms with Gasteiger partial charge in [-0.2, -0.15) is 4.68 Å². The van der Waals surface area contributed by atoms with Crippen LogP contribution in [0.2, 0.25) is 0 Å². The Morgan fingerprint density at radius 2 is 1.86 bits per heavy atom. The van der Waals surface area contributed by atoms with Crippen LogP contribution in [0.4, 0.5) is 5.69 Å². The van der Waals surface area contributed by atoms with E-state index in [-0.39, 0.29) is 12.5 Å². The van der Waals surface area contributed by atoms with Crippen molar-refractivity contribution in [2.45, 2.75) is 20.0 Å². The largest absolute Gasteiger partial charge is 0.495 e. The van der Waals surface area contributed by atoms with Gasteiger partial charge in [-0.3, -0.25) is 9.69 Å². The van der Waals surface area contributed by atoms with E-state index < -0.39 is 0 Å². The molecule has 9 heteroatoms. The van der Waals surface area contributed by atoms with E-state index in [4.69, 9.17) is 17.0 Å². The van der Waals surface area contributed by atoms with Crippen LogP contribution < -0.4 is 10.1 Å². The Balaban J connectivity index is 1.70. The van der Waals surface area contributed by atoms with Crippen molar-refractivity contribution in [3.8, 4) is 11.4 Å². The molecule has 0 saturated heterocycles. The molecule has 0 saturated carbocycles. The van der Waals surface area contributed by atoms with Crippen molar-refractivity contribution < 1.29 is 9.53 Å². The summed E-state index contributed by atoms with van der Waals surface area (Å²) < 4.78 is 8.99. The average molecular weight is 413 g/mol. The first-order valence-electron chi connectivity index (χ1n) is 9.36. The minimum absolute atomic E-state index is 0.134. The molecule has 29 heavy (non-hydrogen) atoms. The van der Waals surface area contributed by atoms with E-state index in [1.165, 1.54) is 0 Å². The van der Waals surface area contributed by atoms with Crippen molar-refractivity contribution in [2.24, 2.45) is 0 Å². The number of carbonyl (C=O) groups is 1. The zero-order chi connectivity index (χ0) is 20.6. The van der Waals surface area contributed by atoms with E-state index in [0.717, 1.165) is 18.7 Å². The molecule has 0 spiro atoms. The number of hydrogen-bond acceptors (Lipinski definition) is 6. The Hall–Kier alpha value is -3.04. The van der Waals surface area contributed by atoms with Crippen LogP contribution in [0.5, 0.6) is 5.75 Å². The van der Waals surface area contributed by atoms with E-state index in [2.05, 4.69) is 22.7 Å². The maximum Gasteiger partial charge on any atom is 0.238 e. The Labute approximate surface area is 174 Å². The Morgan fingerprint density at radius 1 is 1.14 bits per heavy atom. The lowest BCUT2D eigenvalue weighted by Crippen LogP contribution is -2.35. The van der Waals surface area contributed by atoms with Crippen LogP contribution in [0.1, 0.15) is 13.3 Å². The summed E-state index contributed by atoms with van der Waals surface area (Å²) in [4.78, 5) is 14.6. The van der Waals surface area contributed by atoms with E-state index in [0.29, 0.717) is 22.9 Å². The fraction of sp³-hybridized carbons (Fsp3) is 0.300. The molecule has 2 aromatic carbocycles. The number of nitrogens with zero attached hydrogens (tertiary/aromatic N) is 5. The maximum atomic E-state index is 12.6. The van der Waals surface area contributed by atoms with Crippen LogP contribution in [-0.4, -0.2) is 50.8 Å². The molecule has 0 radical (unpaired) electrons. The summed E-state index contributed by atoms with van der Waals surface area (Å²) in [6, 6.07) is 16.9. The summed E-state index contributed by atoms with van der Waals surface area (Å²) in [5, 5.41) is 11.2. The van der Waals surface area contributed by atoms with Gasteiger partial charge in [0.15, 0.2) is 0 Å². The molecular formula is C20H24N6O2S. The first-order valence-corrected chi connectivity index (χ1v) is 9.76. The molecule has 1 N–H and O–H groups in total. The summed E-state index contributed by atoms with van der Waals surface area (Å²) >= 11 is 5.52. The Kier molecular flexibility index (Phi) is 7.09. The average Bonchev–Trinajstić information content (AvgIpc) is 3.09. The molecule has 0 unspecified atom stereocenters. The predicted octanol–water partition coefficient (Wildman–Crippen LogP) is 3.12. The number of tetrazole rings is 1. The standard InChI is InChI=1S/C20H24N6O2S/c1-3-13-24(14-19(27)21-17-11-7-8-12-18(17)28-2)15-25-20(29)26(23-22-25)16-9-5-4-6-10-16/h4-12H,3,13-15H2,1-2H3,(H,21,27). The molecule has 3 rings (SSSR count). The van der Waals surface area contributed by atoms with Crippen molar-refractivity contribution in [1.82, 2.24) is 24.7 Å². The van der Waals surface area contributed by atoms with E-state index in [1.807, 2.05) is 53.4 Å². The summed E-state index contributed by atoms with van der Waals surface area (Å²) in [6.07, 6.45) is 0.891. The van der Waals surface area contributed by atoms with Crippen LogP contribution in [0, 0.1) is 4.77 Å². The van der Waals surface area contributed by atoms with Gasteiger partial charge in [-0.05, 0) is 53.3 Å². The highest BCUT2D eigenvalue weighted by Crippen LogP contribution is 2.22. The Bertz CT molecular complexity index is 1000. The molecule has 0 aliphatic carbocycles. The third-order valence-electron chi connectivity index (χ3n) is 4.26. The number of aromatic nitrogens is 4. The summed E-state index contributed by atoms with van der Waals surface area (Å²) in [5.74, 6) is 0.487. The number of benzene rings is 2. The van der Waals surface area contributed by atoms with Crippen molar-refractivity contribution in [3.63, 3.8) is 0 Å². The molecule has 8 nitrogen and oxygen atoms in total. The summed E-state index contributed by atoms with van der Waals surface area (Å²) in [5.41, 5.74) is 1.49. The minimum atomic E-state index is -0.134. The zero-order valence-corrected chi connectivity index (χ0v) is 17.3. The second kappa shape index (κ2) is 9.94. The van der Waals surface area contributed by atoms with Crippen molar-refractivity contribution >= 4 is 23.8 Å². The van der Waals surface area contributed by atoms with Gasteiger partial charge in [0.1, 0.15) is 5.75 Å². The van der Waals surface area contributed by atoms with Crippen LogP contribution in [-0.2, 0) is 11.5 Å². The fourth-order valence-corrected chi connectivity index (χ4v) is 3.18. The topological polar surface area (TPSA) is 77.2 Å². The SMILES string of the molecule is CCCN(CC(=O)Nc1ccccc1OC)Cn1nnn(-c2ccccc2)c1=S. The van der Waals surface area contributed by atoms with Gasteiger partial charge in [0.25, 0.3) is 0 Å². The second-order valence-electron chi connectivity index (χ2n) is 6.45. The van der Waals surface area contributed by atoms with Gasteiger partial charge in [-0.1, -0.05) is 37.3 Å². The molecule has 1 heterocycles. The fourth-order valence-electron chi connectivity index (χ4n) is 2.94. The molecule has 0 bridgehead atoms. The van der Waals surface area contributed by atoms with Crippen LogP contribution in [0.15, 0.2) is 54.6 Å². The van der Waals surface area contributed by atoms with E-state index in [1.54, 1.807) is 22.5 Å². The molecule has 0 aliphatic heterocycles. The predicted molar refractivity (Wildman–Crippen MR) is 114 cm³/mol. The van der Waals surface area contributed by atoms with Gasteiger partial charge in [0.05, 0.1) is 31.7 Å². The molecule has 152 valence electrons. The number of ether oxygens (including phenoxy) is 1. The van der Waals surface area contributed by atoms with Crippen LogP contribution >= 0.6 is 12.2 Å². The van der Waals surface area contributed by atoms with Gasteiger partial charge < -0.3 is 10.1 Å². The summed E-state index contributed by atoms with van der Waals surface area (Å²) in [7, 11) is 1.58. The van der Waals surface area contributed by atoms with Gasteiger partial charge in [-0.25, -0.2) is 4.68 Å². The molecule has 0 aliphatic rings. The van der Waals surface area contributed by atoms with E-state index in [9.17, 15) is 4.79 Å². The lowest BCUT2D eigenvalue weighted by atomic mass is 10.3. The number of carbonyl (C=O) groups excluding carboxylic acids is 1.